The van der Waals surface area contributed by atoms with E-state index in [0.29, 0.717) is 23.1 Å². The lowest BCUT2D eigenvalue weighted by molar-refractivity contribution is 0.101. The number of hydrogen-bond donors (Lipinski definition) is 1. The van der Waals surface area contributed by atoms with Crippen LogP contribution in [0.4, 0.5) is 5.69 Å². The van der Waals surface area contributed by atoms with Crippen LogP contribution in [0.2, 0.25) is 5.15 Å². The lowest BCUT2D eigenvalue weighted by atomic mass is 9.92. The topological polar surface area (TPSA) is 59.8 Å². The summed E-state index contributed by atoms with van der Waals surface area (Å²) in [5.41, 5.74) is 2.89. The third kappa shape index (κ3) is 4.29. The Labute approximate surface area is 158 Å². The monoisotopic (exact) mass is 368 g/mol. The Hall–Kier alpha value is -2.66. The fourth-order valence-electron chi connectivity index (χ4n) is 2.49. The molecule has 134 valence electrons. The van der Waals surface area contributed by atoms with E-state index in [1.807, 2.05) is 36.4 Å². The molecular weight excluding hydrogens is 348 g/mol. The minimum Gasteiger partial charge on any atom is -0.319 e. The van der Waals surface area contributed by atoms with Gasteiger partial charge in [0.1, 0.15) is 10.8 Å². The largest absolute Gasteiger partial charge is 0.319 e. The van der Waals surface area contributed by atoms with Gasteiger partial charge in [-0.1, -0.05) is 62.7 Å². The maximum absolute atomic E-state index is 12.8. The molecule has 0 saturated carbocycles. The molecule has 3 aromatic rings. The number of pyridine rings is 1. The predicted octanol–water partition coefficient (Wildman–Crippen LogP) is 4.53. The van der Waals surface area contributed by atoms with Crippen molar-refractivity contribution in [1.82, 2.24) is 14.8 Å². The van der Waals surface area contributed by atoms with Crippen LogP contribution in [-0.4, -0.2) is 20.7 Å². The first-order valence-corrected chi connectivity index (χ1v) is 8.76. The Morgan fingerprint density at radius 3 is 2.50 bits per heavy atom. The fourth-order valence-corrected chi connectivity index (χ4v) is 2.60. The van der Waals surface area contributed by atoms with Gasteiger partial charge in [0, 0.05) is 5.41 Å². The summed E-state index contributed by atoms with van der Waals surface area (Å²) in [5, 5.41) is 7.91. The van der Waals surface area contributed by atoms with Crippen molar-refractivity contribution in [3.8, 4) is 0 Å². The number of aromatic nitrogens is 3. The van der Waals surface area contributed by atoms with Gasteiger partial charge in [0.25, 0.3) is 5.91 Å². The molecule has 0 spiro atoms. The quantitative estimate of drug-likeness (QED) is 0.688. The van der Waals surface area contributed by atoms with Crippen LogP contribution in [0, 0.1) is 0 Å². The average Bonchev–Trinajstić information content (AvgIpc) is 3.02. The Bertz CT molecular complexity index is 896. The van der Waals surface area contributed by atoms with Crippen molar-refractivity contribution < 1.29 is 4.79 Å². The molecular formula is C20H21ClN4O. The zero-order valence-corrected chi connectivity index (χ0v) is 15.8. The number of nitrogens with one attached hydrogen (secondary N) is 1. The van der Waals surface area contributed by atoms with E-state index in [-0.39, 0.29) is 11.3 Å². The van der Waals surface area contributed by atoms with Crippen LogP contribution < -0.4 is 5.32 Å². The normalized spacial score (nSPS) is 11.4. The van der Waals surface area contributed by atoms with Crippen LogP contribution in [0.1, 0.15) is 42.5 Å². The number of anilines is 1. The number of carbonyl (C=O) groups excluding carboxylic acids is 1. The molecule has 0 bridgehead atoms. The Morgan fingerprint density at radius 1 is 1.15 bits per heavy atom. The zero-order chi connectivity index (χ0) is 18.7. The van der Waals surface area contributed by atoms with E-state index >= 15 is 0 Å². The first kappa shape index (κ1) is 18.1. The number of nitrogens with zero attached hydrogens (tertiary/aromatic N) is 3. The van der Waals surface area contributed by atoms with Gasteiger partial charge in [-0.15, -0.1) is 0 Å². The molecule has 0 unspecified atom stereocenters. The smallest absolute Gasteiger partial charge is 0.273 e. The van der Waals surface area contributed by atoms with Crippen molar-refractivity contribution in [1.29, 1.82) is 0 Å². The predicted molar refractivity (Wildman–Crippen MR) is 104 cm³/mol. The van der Waals surface area contributed by atoms with Crippen molar-refractivity contribution >= 4 is 23.2 Å². The van der Waals surface area contributed by atoms with Crippen molar-refractivity contribution in [2.75, 3.05) is 5.32 Å². The summed E-state index contributed by atoms with van der Waals surface area (Å²) in [6.07, 6.45) is 1.53. The second-order valence-electron chi connectivity index (χ2n) is 7.13. The Kier molecular flexibility index (Phi) is 5.09. The molecule has 3 rings (SSSR count). The van der Waals surface area contributed by atoms with Gasteiger partial charge in [0.15, 0.2) is 0 Å². The second-order valence-corrected chi connectivity index (χ2v) is 7.52. The van der Waals surface area contributed by atoms with Gasteiger partial charge in [-0.25, -0.2) is 4.98 Å². The number of carbonyl (C=O) groups is 1. The summed E-state index contributed by atoms with van der Waals surface area (Å²) < 4.78 is 1.74. The van der Waals surface area contributed by atoms with Gasteiger partial charge in [-0.3, -0.25) is 9.48 Å². The summed E-state index contributed by atoms with van der Waals surface area (Å²) in [6.45, 7) is 6.76. The van der Waals surface area contributed by atoms with Gasteiger partial charge in [-0.2, -0.15) is 5.10 Å². The molecule has 26 heavy (non-hydrogen) atoms. The molecule has 0 aliphatic carbocycles. The van der Waals surface area contributed by atoms with E-state index in [0.717, 1.165) is 11.3 Å². The minimum absolute atomic E-state index is 0.154. The molecule has 0 radical (unpaired) electrons. The molecule has 0 aliphatic heterocycles. The molecule has 1 aromatic carbocycles. The van der Waals surface area contributed by atoms with Gasteiger partial charge >= 0.3 is 0 Å². The number of halogens is 1. The van der Waals surface area contributed by atoms with Crippen LogP contribution in [0.3, 0.4) is 0 Å². The standard InChI is InChI=1S/C20H21ClN4O/c1-20(2,3)17-11-16(19(26)23-15-9-10-18(21)22-12-15)25(24-17)13-14-7-5-4-6-8-14/h4-12H,13H2,1-3H3,(H,23,26). The third-order valence-electron chi connectivity index (χ3n) is 3.94. The summed E-state index contributed by atoms with van der Waals surface area (Å²) in [6, 6.07) is 15.2. The first-order valence-electron chi connectivity index (χ1n) is 8.38. The summed E-state index contributed by atoms with van der Waals surface area (Å²) in [5.74, 6) is -0.229. The highest BCUT2D eigenvalue weighted by atomic mass is 35.5. The average molecular weight is 369 g/mol. The van der Waals surface area contributed by atoms with Crippen LogP contribution in [0.25, 0.3) is 0 Å². The van der Waals surface area contributed by atoms with E-state index in [1.165, 1.54) is 6.20 Å². The van der Waals surface area contributed by atoms with Crippen molar-refractivity contribution in [2.45, 2.75) is 32.7 Å². The maximum Gasteiger partial charge on any atom is 0.273 e. The third-order valence-corrected chi connectivity index (χ3v) is 4.17. The number of hydrogen-bond acceptors (Lipinski definition) is 3. The molecule has 6 heteroatoms. The van der Waals surface area contributed by atoms with Gasteiger partial charge in [0.2, 0.25) is 0 Å². The zero-order valence-electron chi connectivity index (χ0n) is 15.0. The van der Waals surface area contributed by atoms with Crippen molar-refractivity contribution in [2.24, 2.45) is 0 Å². The van der Waals surface area contributed by atoms with E-state index < -0.39 is 0 Å². The number of rotatable bonds is 4. The number of amides is 1. The van der Waals surface area contributed by atoms with Gasteiger partial charge < -0.3 is 5.32 Å². The molecule has 0 saturated heterocycles. The van der Waals surface area contributed by atoms with E-state index in [2.05, 4.69) is 36.2 Å². The fraction of sp³-hybridized carbons (Fsp3) is 0.250. The molecule has 5 nitrogen and oxygen atoms in total. The Morgan fingerprint density at radius 2 is 1.88 bits per heavy atom. The van der Waals surface area contributed by atoms with Crippen molar-refractivity contribution in [3.63, 3.8) is 0 Å². The summed E-state index contributed by atoms with van der Waals surface area (Å²) in [7, 11) is 0. The minimum atomic E-state index is -0.229. The molecule has 1 amide bonds. The van der Waals surface area contributed by atoms with Crippen LogP contribution in [0.15, 0.2) is 54.7 Å². The lowest BCUT2D eigenvalue weighted by Crippen LogP contribution is -2.18. The highest BCUT2D eigenvalue weighted by Gasteiger charge is 2.23. The molecule has 0 aliphatic rings. The summed E-state index contributed by atoms with van der Waals surface area (Å²) in [4.78, 5) is 16.8. The molecule has 1 N–H and O–H groups in total. The Balaban J connectivity index is 1.91. The van der Waals surface area contributed by atoms with Crippen LogP contribution in [0.5, 0.6) is 0 Å². The van der Waals surface area contributed by atoms with Gasteiger partial charge in [0.05, 0.1) is 24.1 Å². The van der Waals surface area contributed by atoms with Crippen LogP contribution in [-0.2, 0) is 12.0 Å². The highest BCUT2D eigenvalue weighted by Crippen LogP contribution is 2.23. The molecule has 0 fully saturated rings. The van der Waals surface area contributed by atoms with Gasteiger partial charge in [-0.05, 0) is 23.8 Å². The number of benzene rings is 1. The van der Waals surface area contributed by atoms with E-state index in [1.54, 1.807) is 16.8 Å². The molecule has 0 atom stereocenters. The maximum atomic E-state index is 12.8. The van der Waals surface area contributed by atoms with Crippen molar-refractivity contribution in [3.05, 3.63) is 76.8 Å². The van der Waals surface area contributed by atoms with E-state index in [4.69, 9.17) is 11.6 Å². The highest BCUT2D eigenvalue weighted by molar-refractivity contribution is 6.29. The molecule has 2 heterocycles. The molecule has 2 aromatic heterocycles. The second kappa shape index (κ2) is 7.30. The SMILES string of the molecule is CC(C)(C)c1cc(C(=O)Nc2ccc(Cl)nc2)n(Cc2ccccc2)n1. The summed E-state index contributed by atoms with van der Waals surface area (Å²) >= 11 is 5.80. The first-order chi connectivity index (χ1) is 12.3. The van der Waals surface area contributed by atoms with Crippen LogP contribution >= 0.6 is 11.6 Å². The van der Waals surface area contributed by atoms with E-state index in [9.17, 15) is 4.79 Å². The lowest BCUT2D eigenvalue weighted by Gasteiger charge is -2.14.